The van der Waals surface area contributed by atoms with Gasteiger partial charge in [-0.25, -0.2) is 0 Å². The normalized spacial score (nSPS) is 11.3. The Labute approximate surface area is 108 Å². The van der Waals surface area contributed by atoms with Crippen molar-refractivity contribution in [3.63, 3.8) is 0 Å². The Hall–Kier alpha value is -1.75. The van der Waals surface area contributed by atoms with Gasteiger partial charge in [0.1, 0.15) is 5.75 Å². The summed E-state index contributed by atoms with van der Waals surface area (Å²) in [5, 5.41) is 3.00. The molecule has 0 bridgehead atoms. The van der Waals surface area contributed by atoms with Crippen molar-refractivity contribution in [2.75, 3.05) is 27.4 Å². The van der Waals surface area contributed by atoms with Gasteiger partial charge in [-0.1, -0.05) is 12.1 Å². The SMILES string of the molecule is CN=C(N)NCc1cccc(OCCCOC)c1. The minimum Gasteiger partial charge on any atom is -0.493 e. The van der Waals surface area contributed by atoms with E-state index in [1.54, 1.807) is 14.2 Å². The molecule has 18 heavy (non-hydrogen) atoms. The number of guanidine groups is 1. The van der Waals surface area contributed by atoms with Crippen molar-refractivity contribution in [3.8, 4) is 5.75 Å². The van der Waals surface area contributed by atoms with Crippen LogP contribution in [0.3, 0.4) is 0 Å². The third-order valence-corrected chi connectivity index (χ3v) is 2.37. The van der Waals surface area contributed by atoms with E-state index in [1.165, 1.54) is 0 Å². The molecule has 0 fully saturated rings. The Morgan fingerprint density at radius 1 is 1.39 bits per heavy atom. The summed E-state index contributed by atoms with van der Waals surface area (Å²) in [5.74, 6) is 1.29. The Bertz CT molecular complexity index is 380. The highest BCUT2D eigenvalue weighted by atomic mass is 16.5. The molecule has 100 valence electrons. The number of nitrogens with one attached hydrogen (secondary N) is 1. The van der Waals surface area contributed by atoms with Crippen LogP contribution in [-0.4, -0.2) is 33.3 Å². The minimum absolute atomic E-state index is 0.432. The van der Waals surface area contributed by atoms with Gasteiger partial charge in [-0.15, -0.1) is 0 Å². The third-order valence-electron chi connectivity index (χ3n) is 2.37. The van der Waals surface area contributed by atoms with Gasteiger partial charge in [0, 0.05) is 33.7 Å². The number of nitrogens with two attached hydrogens (primary N) is 1. The molecule has 1 aromatic carbocycles. The average Bonchev–Trinajstić information content (AvgIpc) is 2.41. The molecular formula is C13H21N3O2. The maximum atomic E-state index is 5.61. The van der Waals surface area contributed by atoms with Gasteiger partial charge >= 0.3 is 0 Å². The van der Waals surface area contributed by atoms with Gasteiger partial charge in [-0.3, -0.25) is 4.99 Å². The van der Waals surface area contributed by atoms with Crippen molar-refractivity contribution in [2.24, 2.45) is 10.7 Å². The number of nitrogens with zero attached hydrogens (tertiary/aromatic N) is 1. The van der Waals surface area contributed by atoms with E-state index in [4.69, 9.17) is 15.2 Å². The van der Waals surface area contributed by atoms with Crippen LogP contribution in [0.2, 0.25) is 0 Å². The summed E-state index contributed by atoms with van der Waals surface area (Å²) < 4.78 is 10.6. The van der Waals surface area contributed by atoms with E-state index in [0.717, 1.165) is 17.7 Å². The highest BCUT2D eigenvalue weighted by molar-refractivity contribution is 5.77. The summed E-state index contributed by atoms with van der Waals surface area (Å²) >= 11 is 0. The van der Waals surface area contributed by atoms with E-state index >= 15 is 0 Å². The Morgan fingerprint density at radius 3 is 2.94 bits per heavy atom. The van der Waals surface area contributed by atoms with E-state index in [1.807, 2.05) is 24.3 Å². The first-order valence-corrected chi connectivity index (χ1v) is 5.93. The summed E-state index contributed by atoms with van der Waals surface area (Å²) in [4.78, 5) is 3.83. The van der Waals surface area contributed by atoms with Crippen LogP contribution >= 0.6 is 0 Å². The van der Waals surface area contributed by atoms with E-state index in [-0.39, 0.29) is 0 Å². The second-order valence-corrected chi connectivity index (χ2v) is 3.80. The second kappa shape index (κ2) is 8.36. The summed E-state index contributed by atoms with van der Waals surface area (Å²) in [7, 11) is 3.34. The molecule has 3 N–H and O–H groups in total. The van der Waals surface area contributed by atoms with Gasteiger partial charge in [0.2, 0.25) is 0 Å². The Balaban J connectivity index is 2.41. The first-order chi connectivity index (χ1) is 8.76. The van der Waals surface area contributed by atoms with Crippen LogP contribution in [0.5, 0.6) is 5.75 Å². The van der Waals surface area contributed by atoms with E-state index in [9.17, 15) is 0 Å². The first kappa shape index (κ1) is 14.3. The number of hydrogen-bond acceptors (Lipinski definition) is 3. The molecular weight excluding hydrogens is 230 g/mol. The monoisotopic (exact) mass is 251 g/mol. The number of hydrogen-bond donors (Lipinski definition) is 2. The second-order valence-electron chi connectivity index (χ2n) is 3.80. The molecule has 0 heterocycles. The molecule has 1 rings (SSSR count). The zero-order valence-corrected chi connectivity index (χ0v) is 11.0. The predicted molar refractivity (Wildman–Crippen MR) is 72.8 cm³/mol. The quantitative estimate of drug-likeness (QED) is 0.433. The molecule has 5 heteroatoms. The molecule has 0 aliphatic rings. The molecule has 0 unspecified atom stereocenters. The Kier molecular flexibility index (Phi) is 6.64. The van der Waals surface area contributed by atoms with Crippen molar-refractivity contribution in [1.82, 2.24) is 5.32 Å². The molecule has 0 atom stereocenters. The van der Waals surface area contributed by atoms with Gasteiger partial charge in [0.15, 0.2) is 5.96 Å². The van der Waals surface area contributed by atoms with Crippen molar-refractivity contribution in [1.29, 1.82) is 0 Å². The molecule has 0 saturated heterocycles. The largest absolute Gasteiger partial charge is 0.493 e. The molecule has 0 saturated carbocycles. The first-order valence-electron chi connectivity index (χ1n) is 5.93. The lowest BCUT2D eigenvalue weighted by atomic mass is 10.2. The highest BCUT2D eigenvalue weighted by Gasteiger charge is 1.98. The molecule has 5 nitrogen and oxygen atoms in total. The lowest BCUT2D eigenvalue weighted by molar-refractivity contribution is 0.172. The van der Waals surface area contributed by atoms with Crippen LogP contribution in [0, 0.1) is 0 Å². The van der Waals surface area contributed by atoms with E-state index in [2.05, 4.69) is 10.3 Å². The fourth-order valence-corrected chi connectivity index (χ4v) is 1.41. The van der Waals surface area contributed by atoms with Crippen LogP contribution in [0.4, 0.5) is 0 Å². The maximum Gasteiger partial charge on any atom is 0.188 e. The zero-order valence-electron chi connectivity index (χ0n) is 11.0. The third kappa shape index (κ3) is 5.54. The minimum atomic E-state index is 0.432. The van der Waals surface area contributed by atoms with Crippen LogP contribution in [0.15, 0.2) is 29.3 Å². The van der Waals surface area contributed by atoms with E-state index in [0.29, 0.717) is 25.7 Å². The van der Waals surface area contributed by atoms with Crippen molar-refractivity contribution >= 4 is 5.96 Å². The number of rotatable bonds is 7. The van der Waals surface area contributed by atoms with Gasteiger partial charge in [0.25, 0.3) is 0 Å². The summed E-state index contributed by atoms with van der Waals surface area (Å²) in [6, 6.07) is 7.90. The van der Waals surface area contributed by atoms with Crippen molar-refractivity contribution in [2.45, 2.75) is 13.0 Å². The lowest BCUT2D eigenvalue weighted by Gasteiger charge is -2.09. The summed E-state index contributed by atoms with van der Waals surface area (Å²) in [5.41, 5.74) is 6.67. The van der Waals surface area contributed by atoms with Gasteiger partial charge in [-0.05, 0) is 17.7 Å². The lowest BCUT2D eigenvalue weighted by Crippen LogP contribution is -2.30. The average molecular weight is 251 g/mol. The van der Waals surface area contributed by atoms with Crippen LogP contribution in [0.25, 0.3) is 0 Å². The highest BCUT2D eigenvalue weighted by Crippen LogP contribution is 2.13. The van der Waals surface area contributed by atoms with E-state index < -0.39 is 0 Å². The molecule has 0 radical (unpaired) electrons. The molecule has 0 spiro atoms. The topological polar surface area (TPSA) is 68.9 Å². The number of aliphatic imine (C=N–C) groups is 1. The van der Waals surface area contributed by atoms with Crippen molar-refractivity contribution < 1.29 is 9.47 Å². The number of ether oxygens (including phenoxy) is 2. The molecule has 0 aliphatic carbocycles. The molecule has 0 aliphatic heterocycles. The van der Waals surface area contributed by atoms with Crippen molar-refractivity contribution in [3.05, 3.63) is 29.8 Å². The van der Waals surface area contributed by atoms with Crippen LogP contribution in [0.1, 0.15) is 12.0 Å². The summed E-state index contributed by atoms with van der Waals surface area (Å²) in [6.45, 7) is 2.01. The predicted octanol–water partition coefficient (Wildman–Crippen LogP) is 1.14. The van der Waals surface area contributed by atoms with Crippen LogP contribution in [-0.2, 0) is 11.3 Å². The maximum absolute atomic E-state index is 5.61. The number of methoxy groups -OCH3 is 1. The standard InChI is InChI=1S/C13H21N3O2/c1-15-13(14)16-10-11-5-3-6-12(9-11)18-8-4-7-17-2/h3,5-6,9H,4,7-8,10H2,1-2H3,(H3,14,15,16). The Morgan fingerprint density at radius 2 is 2.22 bits per heavy atom. The molecule has 0 aromatic heterocycles. The van der Waals surface area contributed by atoms with Gasteiger partial charge < -0.3 is 20.5 Å². The number of benzene rings is 1. The van der Waals surface area contributed by atoms with Gasteiger partial charge in [0.05, 0.1) is 6.61 Å². The smallest absolute Gasteiger partial charge is 0.188 e. The van der Waals surface area contributed by atoms with Gasteiger partial charge in [-0.2, -0.15) is 0 Å². The van der Waals surface area contributed by atoms with Crippen LogP contribution < -0.4 is 15.8 Å². The molecule has 0 amide bonds. The molecule has 1 aromatic rings. The summed E-state index contributed by atoms with van der Waals surface area (Å²) in [6.07, 6.45) is 0.883. The zero-order chi connectivity index (χ0) is 13.2. The fraction of sp³-hybridized carbons (Fsp3) is 0.462. The fourth-order valence-electron chi connectivity index (χ4n) is 1.41.